The Hall–Kier alpha value is -11.3. The molecule has 13 heteroatoms. The van der Waals surface area contributed by atoms with Gasteiger partial charge in [-0.05, 0) is 232 Å². The molecule has 0 atom stereocenters. The van der Waals surface area contributed by atoms with Gasteiger partial charge in [0, 0.05) is 79.1 Å². The molecule has 108 heavy (non-hydrogen) atoms. The third-order valence-electron chi connectivity index (χ3n) is 24.6. The van der Waals surface area contributed by atoms with E-state index in [9.17, 15) is 19.2 Å². The minimum absolute atomic E-state index is 0.249. The molecule has 12 aromatic rings. The smallest absolute Gasteiger partial charge is 0.262 e. The van der Waals surface area contributed by atoms with E-state index in [4.69, 9.17) is 6.42 Å². The van der Waals surface area contributed by atoms with Crippen molar-refractivity contribution in [3.63, 3.8) is 0 Å². The zero-order chi connectivity index (χ0) is 75.2. The van der Waals surface area contributed by atoms with Crippen molar-refractivity contribution in [1.29, 1.82) is 0 Å². The number of amides is 8. The lowest BCUT2D eigenvalue weighted by Crippen LogP contribution is -2.51. The van der Waals surface area contributed by atoms with Crippen molar-refractivity contribution in [2.45, 2.75) is 189 Å². The van der Waals surface area contributed by atoms with Crippen LogP contribution < -0.4 is 10.4 Å². The molecule has 5 aliphatic heterocycles. The molecule has 0 saturated heterocycles. The second kappa shape index (κ2) is 26.6. The highest BCUT2D eigenvalue weighted by molar-refractivity contribution is 7.10. The summed E-state index contributed by atoms with van der Waals surface area (Å²) in [5.41, 5.74) is 11.9. The highest BCUT2D eigenvalue weighted by Crippen LogP contribution is 2.53. The Labute approximate surface area is 629 Å². The van der Waals surface area contributed by atoms with Crippen LogP contribution in [0.15, 0.2) is 121 Å². The van der Waals surface area contributed by atoms with E-state index in [0.29, 0.717) is 129 Å². The van der Waals surface area contributed by atoms with E-state index in [2.05, 4.69) is 140 Å². The van der Waals surface area contributed by atoms with E-state index in [1.54, 1.807) is 0 Å². The summed E-state index contributed by atoms with van der Waals surface area (Å²) < 4.78 is 0. The summed E-state index contributed by atoms with van der Waals surface area (Å²) in [5.74, 6) is 8.71. The minimum Gasteiger partial charge on any atom is -0.271 e. The van der Waals surface area contributed by atoms with Crippen molar-refractivity contribution in [3.8, 4) is 69.0 Å². The largest absolute Gasteiger partial charge is 0.271 e. The first-order valence-electron chi connectivity index (χ1n) is 39.3. The quantitative estimate of drug-likeness (QED) is 0.0214. The number of terminal acetylenes is 1. The summed E-state index contributed by atoms with van der Waals surface area (Å²) >= 11 is 0. The number of rotatable bonds is 22. The van der Waals surface area contributed by atoms with Gasteiger partial charge < -0.3 is 0 Å². The minimum atomic E-state index is -3.40. The van der Waals surface area contributed by atoms with Crippen LogP contribution in [0, 0.1) is 35.6 Å². The van der Waals surface area contributed by atoms with Crippen molar-refractivity contribution >= 4 is 152 Å². The molecule has 0 aliphatic carbocycles. The molecule has 0 bridgehead atoms. The van der Waals surface area contributed by atoms with E-state index >= 15 is 19.2 Å². The van der Waals surface area contributed by atoms with E-state index in [-0.39, 0.29) is 71.4 Å². The van der Waals surface area contributed by atoms with Crippen molar-refractivity contribution in [2.24, 2.45) is 0 Å². The molecule has 12 nitrogen and oxygen atoms in total. The molecule has 5 heterocycles. The van der Waals surface area contributed by atoms with Crippen molar-refractivity contribution in [3.05, 3.63) is 166 Å². The van der Waals surface area contributed by atoms with Crippen LogP contribution in [0.2, 0.25) is 6.55 Å². The Kier molecular flexibility index (Phi) is 17.2. The van der Waals surface area contributed by atoms with Crippen molar-refractivity contribution in [2.75, 3.05) is 0 Å². The monoisotopic (exact) mass is 1440 g/mol. The summed E-state index contributed by atoms with van der Waals surface area (Å²) in [6.07, 6.45) is 17.4. The Balaban J connectivity index is 0.897. The topological polar surface area (TPSA) is 150 Å². The molecule has 0 fully saturated rings. The molecule has 8 amide bonds. The lowest BCUT2D eigenvalue weighted by atomic mass is 9.79. The van der Waals surface area contributed by atoms with Gasteiger partial charge in [-0.15, -0.1) is 12.0 Å². The van der Waals surface area contributed by atoms with Gasteiger partial charge in [-0.25, -0.2) is 0 Å². The van der Waals surface area contributed by atoms with Gasteiger partial charge in [0.1, 0.15) is 0 Å². The number of benzene rings is 12. The normalized spacial score (nSPS) is 15.1. The second-order valence-electron chi connectivity index (χ2n) is 30.8. The van der Waals surface area contributed by atoms with Gasteiger partial charge in [-0.3, -0.25) is 58.0 Å². The van der Waals surface area contributed by atoms with Crippen LogP contribution in [0.1, 0.15) is 241 Å². The van der Waals surface area contributed by atoms with Crippen LogP contribution in [-0.4, -0.2) is 99.1 Å². The molecular formula is C95H84N4O8Si. The van der Waals surface area contributed by atoms with Crippen LogP contribution >= 0.6 is 0 Å². The third-order valence-corrected chi connectivity index (χ3v) is 28.2. The van der Waals surface area contributed by atoms with Gasteiger partial charge in [-0.1, -0.05) is 186 Å². The van der Waals surface area contributed by atoms with Gasteiger partial charge in [-0.2, -0.15) is 0 Å². The van der Waals surface area contributed by atoms with Crippen LogP contribution in [0.5, 0.6) is 0 Å². The van der Waals surface area contributed by atoms with Crippen LogP contribution in [0.25, 0.3) is 120 Å². The van der Waals surface area contributed by atoms with Crippen molar-refractivity contribution < 1.29 is 38.4 Å². The Morgan fingerprint density at radius 1 is 0.287 bits per heavy atom. The Morgan fingerprint density at radius 3 is 0.833 bits per heavy atom. The molecule has 17 rings (SSSR count). The number of nitrogens with zero attached hydrogens (tertiary/aromatic N) is 4. The summed E-state index contributed by atoms with van der Waals surface area (Å²) in [4.78, 5) is 129. The molecule has 0 unspecified atom stereocenters. The van der Waals surface area contributed by atoms with E-state index in [0.717, 1.165) is 149 Å². The summed E-state index contributed by atoms with van der Waals surface area (Å²) in [7, 11) is -3.40. The van der Waals surface area contributed by atoms with E-state index in [1.165, 1.54) is 19.6 Å². The van der Waals surface area contributed by atoms with Gasteiger partial charge in [0.15, 0.2) is 8.07 Å². The highest BCUT2D eigenvalue weighted by atomic mass is 28.3. The third kappa shape index (κ3) is 9.77. The zero-order valence-electron chi connectivity index (χ0n) is 62.8. The number of carbonyl (C=O) groups excluding carboxylic acids is 8. The Bertz CT molecular complexity index is 5830. The molecule has 0 spiro atoms. The lowest BCUT2D eigenvalue weighted by Gasteiger charge is -2.36. The van der Waals surface area contributed by atoms with Gasteiger partial charge in [0.2, 0.25) is 0 Å². The molecular weight excluding hydrogens is 1350 g/mol. The maximum absolute atomic E-state index is 16.2. The predicted molar refractivity (Wildman–Crippen MR) is 437 cm³/mol. The standard InChI is InChI=1S/C95H84N4O8Si/c1-11-20-21-22-47-108(10)76-48-52(72-50-74-64-39-43-68-82-66(88(100)96(90(68)102)54(23-12-2)24-13-3)41-35-60(78(64)82)62-37-45-70-84(80(62)74)86(72)94(106)98(92(70)104)56(27-16-6)28-17-7)31-33-58(76)59-34-32-53(49-77(59)108)73-51-75-65-40-44-69-83-67(89(101)97(91(69)103)55(25-14-4)26-15-5)42-36-61(79(65)83)63-38-46-71-85(81(63)75)87(73)95(107)99(93(71)105)57(29-18-8)30-19-9/h1,31-46,48-51,54-57H,12-19,23-30H2,2-10H3. The molecule has 0 saturated carbocycles. The van der Waals surface area contributed by atoms with Crippen LogP contribution in [0.4, 0.5) is 0 Å². The fraction of sp³-hybridized carbons (Fsp3) is 0.305. The summed E-state index contributed by atoms with van der Waals surface area (Å²) in [6, 6.07) is 38.7. The van der Waals surface area contributed by atoms with Gasteiger partial charge in [0.05, 0.1) is 11.1 Å². The fourth-order valence-electron chi connectivity index (χ4n) is 20.1. The molecule has 12 aromatic carbocycles. The average molecular weight is 1440 g/mol. The van der Waals surface area contributed by atoms with Gasteiger partial charge >= 0.3 is 0 Å². The van der Waals surface area contributed by atoms with Gasteiger partial charge in [0.25, 0.3) is 47.3 Å². The number of fused-ring (bicyclic) bond motifs is 7. The molecule has 0 N–H and O–H groups in total. The first kappa shape index (κ1) is 69.7. The first-order valence-corrected chi connectivity index (χ1v) is 41.8. The molecule has 5 aliphatic rings. The molecule has 0 radical (unpaired) electrons. The SMILES string of the molecule is C#CC#CC#C[Si]1(C)c2cc(-c3cc4c5ccc6c7c(ccc(c8ccc9c(c3C(=O)N(C(CCC)CCC)C9=O)c84)c75)C(=O)N(C(CCC)CCC)C6=O)ccc2-c2ccc(-c3cc4c5ccc6c7c(ccc(c8ccc9c(c3C(=O)N(C(CCC)CCC)C9=O)c84)c75)C(=O)N(C(CCC)CCC)C6=O)cc21. The molecule has 536 valence electrons. The van der Waals surface area contributed by atoms with Crippen LogP contribution in [-0.2, 0) is 0 Å². The van der Waals surface area contributed by atoms with Crippen molar-refractivity contribution in [1.82, 2.24) is 19.6 Å². The summed E-state index contributed by atoms with van der Waals surface area (Å²) in [5, 5.41) is 13.7. The van der Waals surface area contributed by atoms with Crippen LogP contribution in [0.3, 0.4) is 0 Å². The predicted octanol–water partition coefficient (Wildman–Crippen LogP) is 19.7. The lowest BCUT2D eigenvalue weighted by molar-refractivity contribution is 0.0505. The maximum Gasteiger partial charge on any atom is 0.262 e. The van der Waals surface area contributed by atoms with E-state index < -0.39 is 8.07 Å². The second-order valence-corrected chi connectivity index (χ2v) is 34.4. The number of carbonyl (C=O) groups is 8. The van der Waals surface area contributed by atoms with E-state index in [1.807, 2.05) is 72.8 Å². The average Bonchev–Trinajstić information content (AvgIpc) is 0.776. The Morgan fingerprint density at radius 2 is 0.546 bits per heavy atom. The number of imide groups is 4. The molecule has 0 aromatic heterocycles. The maximum atomic E-state index is 16.2. The highest BCUT2D eigenvalue weighted by Gasteiger charge is 2.47. The first-order chi connectivity index (χ1) is 52.5. The summed E-state index contributed by atoms with van der Waals surface area (Å²) in [6.45, 7) is 18.8. The number of hydrogen-bond acceptors (Lipinski definition) is 8. The zero-order valence-corrected chi connectivity index (χ0v) is 63.8. The fourth-order valence-corrected chi connectivity index (χ4v) is 23.4. The number of hydrogen-bond donors (Lipinski definition) is 0.